The number of anilines is 1. The van der Waals surface area contributed by atoms with Gasteiger partial charge in [-0.1, -0.05) is 18.7 Å². The SMILES string of the molecule is C[C@@H]1CCc2c(sc(NC(=O)COC(=O)CN3CCSC3=O)c2C(N)=O)C1. The van der Waals surface area contributed by atoms with Crippen molar-refractivity contribution in [2.24, 2.45) is 11.7 Å². The van der Waals surface area contributed by atoms with Gasteiger partial charge in [-0.05, 0) is 30.7 Å². The number of carbonyl (C=O) groups excluding carboxylic acids is 4. The van der Waals surface area contributed by atoms with E-state index in [4.69, 9.17) is 10.5 Å². The van der Waals surface area contributed by atoms with Crippen LogP contribution in [-0.4, -0.2) is 53.4 Å². The lowest BCUT2D eigenvalue weighted by Gasteiger charge is -2.18. The fourth-order valence-electron chi connectivity index (χ4n) is 3.18. The molecule has 0 unspecified atom stereocenters. The van der Waals surface area contributed by atoms with Gasteiger partial charge in [0.1, 0.15) is 11.5 Å². The first-order valence-electron chi connectivity index (χ1n) is 8.66. The monoisotopic (exact) mass is 411 g/mol. The molecule has 0 radical (unpaired) electrons. The second-order valence-corrected chi connectivity index (χ2v) is 8.82. The van der Waals surface area contributed by atoms with Gasteiger partial charge in [-0.3, -0.25) is 19.2 Å². The molecule has 1 aliphatic carbocycles. The summed E-state index contributed by atoms with van der Waals surface area (Å²) in [5.41, 5.74) is 6.79. The zero-order valence-electron chi connectivity index (χ0n) is 14.9. The van der Waals surface area contributed by atoms with E-state index in [0.29, 0.717) is 28.8 Å². The number of thiophene rings is 1. The maximum atomic E-state index is 12.2. The van der Waals surface area contributed by atoms with E-state index in [1.165, 1.54) is 16.2 Å². The zero-order chi connectivity index (χ0) is 19.6. The van der Waals surface area contributed by atoms with Crippen molar-refractivity contribution in [2.45, 2.75) is 26.2 Å². The third kappa shape index (κ3) is 4.62. The van der Waals surface area contributed by atoms with Crippen molar-refractivity contribution in [3.8, 4) is 0 Å². The van der Waals surface area contributed by atoms with Crippen LogP contribution in [0.2, 0.25) is 0 Å². The Morgan fingerprint density at radius 1 is 1.37 bits per heavy atom. The number of hydrogen-bond donors (Lipinski definition) is 2. The lowest BCUT2D eigenvalue weighted by Crippen LogP contribution is -2.32. The number of rotatable bonds is 6. The van der Waals surface area contributed by atoms with Gasteiger partial charge in [0.15, 0.2) is 6.61 Å². The number of amides is 3. The largest absolute Gasteiger partial charge is 0.454 e. The van der Waals surface area contributed by atoms with Crippen LogP contribution in [0.15, 0.2) is 0 Å². The molecule has 146 valence electrons. The second-order valence-electron chi connectivity index (χ2n) is 6.66. The fraction of sp³-hybridized carbons (Fsp3) is 0.529. The standard InChI is InChI=1S/C17H21N3O5S2/c1-9-2-3-10-11(6-9)27-16(14(10)15(18)23)19-12(21)8-25-13(22)7-20-4-5-26-17(20)24/h9H,2-8H2,1H3,(H2,18,23)(H,19,21)/t9-/m1/s1. The molecule has 1 atom stereocenters. The van der Waals surface area contributed by atoms with Gasteiger partial charge < -0.3 is 20.7 Å². The highest BCUT2D eigenvalue weighted by molar-refractivity contribution is 8.13. The Balaban J connectivity index is 1.58. The van der Waals surface area contributed by atoms with Gasteiger partial charge in [0.25, 0.3) is 17.1 Å². The van der Waals surface area contributed by atoms with E-state index >= 15 is 0 Å². The molecule has 2 heterocycles. The van der Waals surface area contributed by atoms with E-state index in [-0.39, 0.29) is 11.8 Å². The minimum absolute atomic E-state index is 0.166. The summed E-state index contributed by atoms with van der Waals surface area (Å²) in [6, 6.07) is 0. The molecule has 3 N–H and O–H groups in total. The summed E-state index contributed by atoms with van der Waals surface area (Å²) in [6.07, 6.45) is 2.59. The number of nitrogens with two attached hydrogens (primary N) is 1. The quantitative estimate of drug-likeness (QED) is 0.687. The molecule has 1 aromatic heterocycles. The maximum Gasteiger partial charge on any atom is 0.326 e. The van der Waals surface area contributed by atoms with Gasteiger partial charge in [-0.25, -0.2) is 0 Å². The molecule has 0 saturated carbocycles. The maximum absolute atomic E-state index is 12.2. The van der Waals surface area contributed by atoms with Gasteiger partial charge in [0.05, 0.1) is 5.56 Å². The minimum Gasteiger partial charge on any atom is -0.454 e. The Bertz CT molecular complexity index is 792. The third-order valence-electron chi connectivity index (χ3n) is 4.54. The van der Waals surface area contributed by atoms with Crippen molar-refractivity contribution in [3.63, 3.8) is 0 Å². The Morgan fingerprint density at radius 2 is 2.15 bits per heavy atom. The van der Waals surface area contributed by atoms with Crippen LogP contribution in [0.3, 0.4) is 0 Å². The topological polar surface area (TPSA) is 119 Å². The van der Waals surface area contributed by atoms with Crippen molar-refractivity contribution >= 4 is 51.1 Å². The van der Waals surface area contributed by atoms with Crippen molar-refractivity contribution in [3.05, 3.63) is 16.0 Å². The van der Waals surface area contributed by atoms with Crippen LogP contribution >= 0.6 is 23.1 Å². The van der Waals surface area contributed by atoms with Crippen LogP contribution in [0, 0.1) is 5.92 Å². The highest BCUT2D eigenvalue weighted by Gasteiger charge is 2.28. The van der Waals surface area contributed by atoms with E-state index in [1.54, 1.807) is 0 Å². The summed E-state index contributed by atoms with van der Waals surface area (Å²) >= 11 is 2.50. The summed E-state index contributed by atoms with van der Waals surface area (Å²) in [6.45, 7) is 1.99. The molecule has 0 spiro atoms. The van der Waals surface area contributed by atoms with Gasteiger partial charge in [0.2, 0.25) is 0 Å². The highest BCUT2D eigenvalue weighted by Crippen LogP contribution is 2.39. The van der Waals surface area contributed by atoms with Gasteiger partial charge >= 0.3 is 5.97 Å². The van der Waals surface area contributed by atoms with E-state index in [2.05, 4.69) is 12.2 Å². The molecule has 27 heavy (non-hydrogen) atoms. The smallest absolute Gasteiger partial charge is 0.326 e. The molecule has 1 fully saturated rings. The Labute approximate surface area is 164 Å². The summed E-state index contributed by atoms with van der Waals surface area (Å²) in [4.78, 5) is 49.7. The first-order valence-corrected chi connectivity index (χ1v) is 10.5. The molecule has 3 amide bonds. The average Bonchev–Trinajstić information content (AvgIpc) is 3.15. The normalized spacial score (nSPS) is 18.9. The summed E-state index contributed by atoms with van der Waals surface area (Å²) in [5, 5.41) is 2.88. The Kier molecular flexibility index (Phi) is 6.05. The Hall–Kier alpha value is -2.07. The molecule has 1 saturated heterocycles. The number of primary amides is 1. The predicted molar refractivity (Wildman–Crippen MR) is 103 cm³/mol. The lowest BCUT2D eigenvalue weighted by atomic mass is 9.88. The van der Waals surface area contributed by atoms with E-state index in [0.717, 1.165) is 41.5 Å². The number of carbonyl (C=O) groups is 4. The molecular formula is C17H21N3O5S2. The van der Waals surface area contributed by atoms with Crippen LogP contribution in [-0.2, 0) is 27.2 Å². The molecule has 10 heteroatoms. The third-order valence-corrected chi connectivity index (χ3v) is 6.60. The van der Waals surface area contributed by atoms with Gasteiger partial charge in [-0.2, -0.15) is 0 Å². The van der Waals surface area contributed by atoms with Crippen molar-refractivity contribution in [1.29, 1.82) is 0 Å². The number of hydrogen-bond acceptors (Lipinski definition) is 7. The fourth-order valence-corrected chi connectivity index (χ4v) is 5.44. The minimum atomic E-state index is -0.643. The Morgan fingerprint density at radius 3 is 2.81 bits per heavy atom. The molecule has 0 aromatic carbocycles. The molecule has 2 aliphatic rings. The zero-order valence-corrected chi connectivity index (χ0v) is 16.5. The number of nitrogens with zero attached hydrogens (tertiary/aromatic N) is 1. The molecular weight excluding hydrogens is 390 g/mol. The number of fused-ring (bicyclic) bond motifs is 1. The summed E-state index contributed by atoms with van der Waals surface area (Å²) in [7, 11) is 0. The van der Waals surface area contributed by atoms with E-state index in [1.807, 2.05) is 0 Å². The van der Waals surface area contributed by atoms with Crippen LogP contribution in [0.4, 0.5) is 9.80 Å². The van der Waals surface area contributed by atoms with Gasteiger partial charge in [0, 0.05) is 17.2 Å². The highest BCUT2D eigenvalue weighted by atomic mass is 32.2. The second kappa shape index (κ2) is 8.30. The number of thioether (sulfide) groups is 1. The van der Waals surface area contributed by atoms with E-state index < -0.39 is 24.4 Å². The van der Waals surface area contributed by atoms with Crippen molar-refractivity contribution in [2.75, 3.05) is 30.8 Å². The average molecular weight is 412 g/mol. The van der Waals surface area contributed by atoms with E-state index in [9.17, 15) is 19.2 Å². The molecule has 1 aromatic rings. The lowest BCUT2D eigenvalue weighted by molar-refractivity contribution is -0.147. The predicted octanol–water partition coefficient (Wildman–Crippen LogP) is 1.62. The number of ether oxygens (including phenoxy) is 1. The van der Waals surface area contributed by atoms with Crippen LogP contribution in [0.5, 0.6) is 0 Å². The van der Waals surface area contributed by atoms with Crippen molar-refractivity contribution in [1.82, 2.24) is 4.90 Å². The first-order chi connectivity index (χ1) is 12.8. The first kappa shape index (κ1) is 19.7. The number of nitrogens with one attached hydrogen (secondary N) is 1. The summed E-state index contributed by atoms with van der Waals surface area (Å²) in [5.74, 6) is -0.591. The van der Waals surface area contributed by atoms with Crippen LogP contribution in [0.1, 0.15) is 34.1 Å². The van der Waals surface area contributed by atoms with Crippen molar-refractivity contribution < 1.29 is 23.9 Å². The molecule has 3 rings (SSSR count). The molecule has 1 aliphatic heterocycles. The van der Waals surface area contributed by atoms with Crippen LogP contribution in [0.25, 0.3) is 0 Å². The van der Waals surface area contributed by atoms with Crippen LogP contribution < -0.4 is 11.1 Å². The molecule has 8 nitrogen and oxygen atoms in total. The summed E-state index contributed by atoms with van der Waals surface area (Å²) < 4.78 is 4.94. The van der Waals surface area contributed by atoms with Gasteiger partial charge in [-0.15, -0.1) is 11.3 Å². The molecule has 0 bridgehead atoms. The number of esters is 1.